The number of hydrogen-bond acceptors (Lipinski definition) is 5. The van der Waals surface area contributed by atoms with Gasteiger partial charge in [-0.1, -0.05) is 0 Å². The van der Waals surface area contributed by atoms with Crippen LogP contribution in [0.25, 0.3) is 0 Å². The van der Waals surface area contributed by atoms with Crippen molar-refractivity contribution in [2.24, 2.45) is 0 Å². The van der Waals surface area contributed by atoms with E-state index in [0.29, 0.717) is 18.3 Å². The largest absolute Gasteiger partial charge is 0.421 e. The molecule has 1 aliphatic heterocycles. The minimum Gasteiger partial charge on any atom is -0.421 e. The highest BCUT2D eigenvalue weighted by Crippen LogP contribution is 2.26. The topological polar surface area (TPSA) is 60.2 Å². The van der Waals surface area contributed by atoms with Crippen LogP contribution in [0.15, 0.2) is 4.42 Å². The van der Waals surface area contributed by atoms with Gasteiger partial charge in [0.2, 0.25) is 11.8 Å². The van der Waals surface area contributed by atoms with Crippen molar-refractivity contribution in [2.75, 3.05) is 6.61 Å². The van der Waals surface area contributed by atoms with Gasteiger partial charge in [0.1, 0.15) is 6.10 Å². The lowest BCUT2D eigenvalue weighted by Crippen LogP contribution is -2.35. The third-order valence-corrected chi connectivity index (χ3v) is 2.71. The molecule has 96 valence electrons. The van der Waals surface area contributed by atoms with E-state index in [9.17, 15) is 0 Å². The van der Waals surface area contributed by atoms with E-state index in [4.69, 9.17) is 9.15 Å². The zero-order valence-electron chi connectivity index (χ0n) is 10.8. The van der Waals surface area contributed by atoms with Crippen molar-refractivity contribution in [3.8, 4) is 0 Å². The van der Waals surface area contributed by atoms with Crippen molar-refractivity contribution < 1.29 is 9.15 Å². The van der Waals surface area contributed by atoms with Crippen molar-refractivity contribution >= 4 is 0 Å². The van der Waals surface area contributed by atoms with Crippen molar-refractivity contribution in [3.63, 3.8) is 0 Å². The van der Waals surface area contributed by atoms with Crippen molar-refractivity contribution in [2.45, 2.75) is 58.2 Å². The van der Waals surface area contributed by atoms with Crippen LogP contribution in [0.3, 0.4) is 0 Å². The molecule has 0 aromatic carbocycles. The van der Waals surface area contributed by atoms with E-state index in [2.05, 4.69) is 36.3 Å². The minimum atomic E-state index is -0.000336. The Morgan fingerprint density at radius 1 is 1.29 bits per heavy atom. The fourth-order valence-corrected chi connectivity index (χ4v) is 1.74. The zero-order chi connectivity index (χ0) is 12.3. The van der Waals surface area contributed by atoms with Crippen LogP contribution in [0.2, 0.25) is 0 Å². The van der Waals surface area contributed by atoms with Crippen LogP contribution in [0.4, 0.5) is 0 Å². The molecule has 0 bridgehead atoms. The summed E-state index contributed by atoms with van der Waals surface area (Å²) >= 11 is 0. The number of ether oxygens (including phenoxy) is 1. The quantitative estimate of drug-likeness (QED) is 0.876. The first-order valence-corrected chi connectivity index (χ1v) is 6.23. The molecule has 0 spiro atoms. The van der Waals surface area contributed by atoms with Crippen molar-refractivity contribution in [1.82, 2.24) is 15.5 Å². The van der Waals surface area contributed by atoms with Crippen LogP contribution in [0.1, 0.15) is 57.9 Å². The van der Waals surface area contributed by atoms with Gasteiger partial charge in [-0.15, -0.1) is 10.2 Å². The first-order chi connectivity index (χ1) is 8.04. The fourth-order valence-electron chi connectivity index (χ4n) is 1.74. The smallest absolute Gasteiger partial charge is 0.245 e. The summed E-state index contributed by atoms with van der Waals surface area (Å²) < 4.78 is 11.2. The summed E-state index contributed by atoms with van der Waals surface area (Å²) in [4.78, 5) is 0. The van der Waals surface area contributed by atoms with E-state index in [0.717, 1.165) is 19.4 Å². The molecule has 1 unspecified atom stereocenters. The monoisotopic (exact) mass is 239 g/mol. The van der Waals surface area contributed by atoms with E-state index in [-0.39, 0.29) is 11.6 Å². The average molecular weight is 239 g/mol. The number of nitrogens with zero attached hydrogens (tertiary/aromatic N) is 2. The zero-order valence-corrected chi connectivity index (χ0v) is 10.8. The number of nitrogens with one attached hydrogen (secondary N) is 1. The lowest BCUT2D eigenvalue weighted by Gasteiger charge is -2.19. The second kappa shape index (κ2) is 5.14. The first kappa shape index (κ1) is 12.5. The predicted octanol–water partition coefficient (Wildman–Crippen LogP) is 2.20. The SMILES string of the molecule is CC(C)(C)NCc1nnc(C2CCCCO2)o1. The maximum Gasteiger partial charge on any atom is 0.245 e. The molecule has 0 amide bonds. The van der Waals surface area contributed by atoms with Gasteiger partial charge in [-0.05, 0) is 40.0 Å². The highest BCUT2D eigenvalue weighted by Gasteiger charge is 2.22. The molecule has 0 saturated carbocycles. The lowest BCUT2D eigenvalue weighted by molar-refractivity contribution is -0.00219. The summed E-state index contributed by atoms with van der Waals surface area (Å²) in [6.07, 6.45) is 3.28. The molecule has 0 aliphatic carbocycles. The second-order valence-corrected chi connectivity index (χ2v) is 5.49. The second-order valence-electron chi connectivity index (χ2n) is 5.49. The summed E-state index contributed by atoms with van der Waals surface area (Å²) in [5, 5.41) is 11.4. The highest BCUT2D eigenvalue weighted by molar-refractivity contribution is 4.89. The van der Waals surface area contributed by atoms with Gasteiger partial charge in [-0.25, -0.2) is 0 Å². The van der Waals surface area contributed by atoms with E-state index in [1.54, 1.807) is 0 Å². The molecule has 5 nitrogen and oxygen atoms in total. The van der Waals surface area contributed by atoms with Crippen LogP contribution < -0.4 is 5.32 Å². The molecule has 1 aliphatic rings. The van der Waals surface area contributed by atoms with Crippen LogP contribution in [-0.4, -0.2) is 22.3 Å². The maximum absolute atomic E-state index is 5.61. The van der Waals surface area contributed by atoms with Crippen LogP contribution in [-0.2, 0) is 11.3 Å². The first-order valence-electron chi connectivity index (χ1n) is 6.23. The standard InChI is InChI=1S/C12H21N3O2/c1-12(2,3)13-8-10-14-15-11(17-10)9-6-4-5-7-16-9/h9,13H,4-8H2,1-3H3. The summed E-state index contributed by atoms with van der Waals surface area (Å²) in [5.41, 5.74) is 0.0516. The Morgan fingerprint density at radius 3 is 2.76 bits per heavy atom. The van der Waals surface area contributed by atoms with Gasteiger partial charge in [0.05, 0.1) is 6.54 Å². The normalized spacial score (nSPS) is 21.7. The molecule has 1 atom stereocenters. The minimum absolute atomic E-state index is 0.000336. The summed E-state index contributed by atoms with van der Waals surface area (Å²) in [7, 11) is 0. The van der Waals surface area contributed by atoms with Crippen molar-refractivity contribution in [3.05, 3.63) is 11.8 Å². The van der Waals surface area contributed by atoms with Gasteiger partial charge in [0.15, 0.2) is 0 Å². The molecule has 0 radical (unpaired) electrons. The molecule has 1 N–H and O–H groups in total. The van der Waals surface area contributed by atoms with Gasteiger partial charge >= 0.3 is 0 Å². The van der Waals surface area contributed by atoms with Gasteiger partial charge in [-0.2, -0.15) is 0 Å². The molecule has 1 fully saturated rings. The number of rotatable bonds is 3. The Kier molecular flexibility index (Phi) is 3.79. The Hall–Kier alpha value is -0.940. The predicted molar refractivity (Wildman–Crippen MR) is 63.4 cm³/mol. The lowest BCUT2D eigenvalue weighted by atomic mass is 10.1. The maximum atomic E-state index is 5.61. The fraction of sp³-hybridized carbons (Fsp3) is 0.833. The molecular weight excluding hydrogens is 218 g/mol. The molecule has 2 rings (SSSR count). The summed E-state index contributed by atoms with van der Waals surface area (Å²) in [6.45, 7) is 7.71. The Balaban J connectivity index is 1.91. The number of aromatic nitrogens is 2. The summed E-state index contributed by atoms with van der Waals surface area (Å²) in [6, 6.07) is 0. The number of hydrogen-bond donors (Lipinski definition) is 1. The van der Waals surface area contributed by atoms with Gasteiger partial charge in [0, 0.05) is 12.1 Å². The highest BCUT2D eigenvalue weighted by atomic mass is 16.5. The Morgan fingerprint density at radius 2 is 2.12 bits per heavy atom. The molecule has 1 aromatic rings. The Bertz CT molecular complexity index is 351. The molecule has 1 saturated heterocycles. The third-order valence-electron chi connectivity index (χ3n) is 2.71. The van der Waals surface area contributed by atoms with Crippen molar-refractivity contribution in [1.29, 1.82) is 0 Å². The van der Waals surface area contributed by atoms with E-state index in [1.807, 2.05) is 0 Å². The molecule has 17 heavy (non-hydrogen) atoms. The molecule has 1 aromatic heterocycles. The molecule has 2 heterocycles. The van der Waals surface area contributed by atoms with E-state index >= 15 is 0 Å². The van der Waals surface area contributed by atoms with E-state index in [1.165, 1.54) is 6.42 Å². The van der Waals surface area contributed by atoms with Crippen LogP contribution in [0.5, 0.6) is 0 Å². The Labute approximate surface area is 102 Å². The third kappa shape index (κ3) is 3.78. The van der Waals surface area contributed by atoms with E-state index < -0.39 is 0 Å². The average Bonchev–Trinajstić information content (AvgIpc) is 2.75. The summed E-state index contributed by atoms with van der Waals surface area (Å²) in [5.74, 6) is 1.25. The molecular formula is C12H21N3O2. The van der Waals surface area contributed by atoms with Gasteiger partial charge in [0.25, 0.3) is 0 Å². The van der Waals surface area contributed by atoms with Crippen LogP contribution >= 0.6 is 0 Å². The van der Waals surface area contributed by atoms with Gasteiger partial charge in [-0.3, -0.25) is 0 Å². The molecule has 5 heteroatoms. The van der Waals surface area contributed by atoms with Crippen LogP contribution in [0, 0.1) is 0 Å². The van der Waals surface area contributed by atoms with Gasteiger partial charge < -0.3 is 14.5 Å².